The van der Waals surface area contributed by atoms with E-state index in [-0.39, 0.29) is 0 Å². The van der Waals surface area contributed by atoms with Crippen LogP contribution >= 0.6 is 0 Å². The standard InChI is InChI=1S/C12H24N2O2/c1-12(2,11(15)16)9-14-6-4-10(5-7-14)8-13-3/h10,13H,4-9H2,1-3H3,(H,15,16). The van der Waals surface area contributed by atoms with Gasteiger partial charge in [0.05, 0.1) is 5.41 Å². The molecule has 1 fully saturated rings. The summed E-state index contributed by atoms with van der Waals surface area (Å²) in [6.07, 6.45) is 2.35. The van der Waals surface area contributed by atoms with Gasteiger partial charge in [-0.3, -0.25) is 4.79 Å². The Balaban J connectivity index is 2.34. The molecule has 1 saturated heterocycles. The molecular formula is C12H24N2O2. The second kappa shape index (κ2) is 5.64. The van der Waals surface area contributed by atoms with Crippen LogP contribution in [0.3, 0.4) is 0 Å². The topological polar surface area (TPSA) is 52.6 Å². The average molecular weight is 228 g/mol. The van der Waals surface area contributed by atoms with E-state index in [1.54, 1.807) is 13.8 Å². The van der Waals surface area contributed by atoms with E-state index >= 15 is 0 Å². The molecule has 4 heteroatoms. The molecule has 0 saturated carbocycles. The molecule has 0 radical (unpaired) electrons. The number of aliphatic carboxylic acids is 1. The van der Waals surface area contributed by atoms with E-state index in [9.17, 15) is 4.79 Å². The van der Waals surface area contributed by atoms with Crippen molar-refractivity contribution in [3.05, 3.63) is 0 Å². The van der Waals surface area contributed by atoms with E-state index in [1.807, 2.05) is 7.05 Å². The summed E-state index contributed by atoms with van der Waals surface area (Å²) < 4.78 is 0. The molecule has 94 valence electrons. The Bertz CT molecular complexity index is 233. The number of carboxylic acids is 1. The van der Waals surface area contributed by atoms with Gasteiger partial charge in [0.15, 0.2) is 0 Å². The highest BCUT2D eigenvalue weighted by Crippen LogP contribution is 2.22. The van der Waals surface area contributed by atoms with Crippen molar-refractivity contribution in [1.29, 1.82) is 0 Å². The summed E-state index contributed by atoms with van der Waals surface area (Å²) in [7, 11) is 1.99. The maximum Gasteiger partial charge on any atom is 0.310 e. The zero-order chi connectivity index (χ0) is 12.2. The van der Waals surface area contributed by atoms with Gasteiger partial charge in [0.25, 0.3) is 0 Å². The van der Waals surface area contributed by atoms with Crippen LogP contribution in [0.1, 0.15) is 26.7 Å². The summed E-state index contributed by atoms with van der Waals surface area (Å²) in [5.74, 6) is 0.0547. The van der Waals surface area contributed by atoms with Gasteiger partial charge in [-0.1, -0.05) is 0 Å². The maximum atomic E-state index is 11.0. The Morgan fingerprint density at radius 2 is 2.00 bits per heavy atom. The van der Waals surface area contributed by atoms with Crippen molar-refractivity contribution in [2.45, 2.75) is 26.7 Å². The highest BCUT2D eigenvalue weighted by Gasteiger charge is 2.31. The summed E-state index contributed by atoms with van der Waals surface area (Å²) in [4.78, 5) is 13.3. The molecule has 0 aromatic heterocycles. The van der Waals surface area contributed by atoms with Crippen LogP contribution in [0.2, 0.25) is 0 Å². The molecule has 2 N–H and O–H groups in total. The number of nitrogens with zero attached hydrogens (tertiary/aromatic N) is 1. The number of rotatable bonds is 5. The van der Waals surface area contributed by atoms with Crippen LogP contribution in [-0.4, -0.2) is 49.2 Å². The van der Waals surface area contributed by atoms with Gasteiger partial charge in [-0.15, -0.1) is 0 Å². The first-order chi connectivity index (χ1) is 7.45. The van der Waals surface area contributed by atoms with Crippen molar-refractivity contribution >= 4 is 5.97 Å². The minimum absolute atomic E-state index is 0.629. The molecule has 1 rings (SSSR count). The van der Waals surface area contributed by atoms with E-state index in [0.717, 1.165) is 25.6 Å². The number of hydrogen-bond donors (Lipinski definition) is 2. The minimum atomic E-state index is -0.704. The van der Waals surface area contributed by atoms with Crippen molar-refractivity contribution < 1.29 is 9.90 Å². The largest absolute Gasteiger partial charge is 0.481 e. The predicted molar refractivity (Wildman–Crippen MR) is 64.5 cm³/mol. The molecule has 1 heterocycles. The van der Waals surface area contributed by atoms with Crippen LogP contribution in [-0.2, 0) is 4.79 Å². The van der Waals surface area contributed by atoms with Crippen LogP contribution in [0.5, 0.6) is 0 Å². The van der Waals surface area contributed by atoms with Gasteiger partial charge < -0.3 is 15.3 Å². The van der Waals surface area contributed by atoms with Crippen molar-refractivity contribution in [1.82, 2.24) is 10.2 Å². The second-order valence-corrected chi connectivity index (χ2v) is 5.47. The quantitative estimate of drug-likeness (QED) is 0.738. The van der Waals surface area contributed by atoms with Crippen molar-refractivity contribution in [2.75, 3.05) is 33.2 Å². The van der Waals surface area contributed by atoms with Gasteiger partial charge in [-0.2, -0.15) is 0 Å². The average Bonchev–Trinajstić information content (AvgIpc) is 2.21. The molecule has 0 aliphatic carbocycles. The molecule has 1 aliphatic heterocycles. The zero-order valence-electron chi connectivity index (χ0n) is 10.6. The van der Waals surface area contributed by atoms with Gasteiger partial charge in [-0.25, -0.2) is 0 Å². The third kappa shape index (κ3) is 3.76. The Hall–Kier alpha value is -0.610. The molecule has 0 aromatic rings. The molecule has 0 aromatic carbocycles. The summed E-state index contributed by atoms with van der Waals surface area (Å²) >= 11 is 0. The maximum absolute atomic E-state index is 11.0. The number of hydrogen-bond acceptors (Lipinski definition) is 3. The lowest BCUT2D eigenvalue weighted by molar-refractivity contribution is -0.148. The molecule has 1 aliphatic rings. The first-order valence-corrected chi connectivity index (χ1v) is 6.06. The molecule has 0 amide bonds. The van der Waals surface area contributed by atoms with Crippen LogP contribution in [0.4, 0.5) is 0 Å². The lowest BCUT2D eigenvalue weighted by Gasteiger charge is -2.35. The van der Waals surface area contributed by atoms with Crippen LogP contribution in [0, 0.1) is 11.3 Å². The van der Waals surface area contributed by atoms with Gasteiger partial charge in [0, 0.05) is 6.54 Å². The van der Waals surface area contributed by atoms with Crippen LogP contribution < -0.4 is 5.32 Å². The summed E-state index contributed by atoms with van der Waals surface area (Å²) in [5.41, 5.74) is -0.629. The monoisotopic (exact) mass is 228 g/mol. The fourth-order valence-corrected chi connectivity index (χ4v) is 2.26. The Morgan fingerprint density at radius 3 is 2.44 bits per heavy atom. The van der Waals surface area contributed by atoms with E-state index in [4.69, 9.17) is 5.11 Å². The molecule has 0 atom stereocenters. The SMILES string of the molecule is CNCC1CCN(CC(C)(C)C(=O)O)CC1. The van der Waals surface area contributed by atoms with Crippen LogP contribution in [0.25, 0.3) is 0 Å². The molecular weight excluding hydrogens is 204 g/mol. The second-order valence-electron chi connectivity index (χ2n) is 5.47. The van der Waals surface area contributed by atoms with Gasteiger partial charge >= 0.3 is 5.97 Å². The highest BCUT2D eigenvalue weighted by molar-refractivity contribution is 5.73. The number of nitrogens with one attached hydrogen (secondary N) is 1. The number of likely N-dealkylation sites (tertiary alicyclic amines) is 1. The van der Waals surface area contributed by atoms with E-state index in [1.165, 1.54) is 12.8 Å². The smallest absolute Gasteiger partial charge is 0.310 e. The third-order valence-corrected chi connectivity index (χ3v) is 3.40. The van der Waals surface area contributed by atoms with E-state index in [0.29, 0.717) is 6.54 Å². The Kier molecular flexibility index (Phi) is 4.74. The third-order valence-electron chi connectivity index (χ3n) is 3.40. The van der Waals surface area contributed by atoms with Crippen molar-refractivity contribution in [2.24, 2.45) is 11.3 Å². The van der Waals surface area contributed by atoms with Gasteiger partial charge in [0.2, 0.25) is 0 Å². The Morgan fingerprint density at radius 1 is 1.44 bits per heavy atom. The van der Waals surface area contributed by atoms with E-state index in [2.05, 4.69) is 10.2 Å². The normalized spacial score (nSPS) is 19.9. The van der Waals surface area contributed by atoms with Crippen molar-refractivity contribution in [3.8, 4) is 0 Å². The molecule has 0 spiro atoms. The minimum Gasteiger partial charge on any atom is -0.481 e. The lowest BCUT2D eigenvalue weighted by Crippen LogP contribution is -2.44. The fourth-order valence-electron chi connectivity index (χ4n) is 2.26. The first-order valence-electron chi connectivity index (χ1n) is 6.06. The molecule has 0 bridgehead atoms. The number of carbonyl (C=O) groups is 1. The summed E-state index contributed by atoms with van der Waals surface area (Å²) in [5, 5.41) is 12.3. The lowest BCUT2D eigenvalue weighted by atomic mass is 9.90. The molecule has 4 nitrogen and oxygen atoms in total. The van der Waals surface area contributed by atoms with Gasteiger partial charge in [-0.05, 0) is 59.3 Å². The number of carboxylic acid groups (broad SMARTS) is 1. The van der Waals surface area contributed by atoms with E-state index < -0.39 is 11.4 Å². The van der Waals surface area contributed by atoms with Gasteiger partial charge in [0.1, 0.15) is 0 Å². The first kappa shape index (κ1) is 13.5. The van der Waals surface area contributed by atoms with Crippen LogP contribution in [0.15, 0.2) is 0 Å². The molecule has 0 unspecified atom stereocenters. The van der Waals surface area contributed by atoms with Crippen molar-refractivity contribution in [3.63, 3.8) is 0 Å². The zero-order valence-corrected chi connectivity index (χ0v) is 10.6. The number of piperidine rings is 1. The summed E-state index contributed by atoms with van der Waals surface area (Å²) in [6, 6.07) is 0. The highest BCUT2D eigenvalue weighted by atomic mass is 16.4. The Labute approximate surface area is 98.0 Å². The fraction of sp³-hybridized carbons (Fsp3) is 0.917. The molecule has 16 heavy (non-hydrogen) atoms. The summed E-state index contributed by atoms with van der Waals surface area (Å²) in [6.45, 7) is 7.40. The predicted octanol–water partition coefficient (Wildman–Crippen LogP) is 1.03.